The van der Waals surface area contributed by atoms with E-state index in [0.717, 1.165) is 17.3 Å². The highest BCUT2D eigenvalue weighted by Crippen LogP contribution is 2.17. The molecule has 0 bridgehead atoms. The van der Waals surface area contributed by atoms with Crippen LogP contribution in [-0.2, 0) is 18.6 Å². The molecule has 0 aliphatic rings. The first-order valence-electron chi connectivity index (χ1n) is 6.13. The molecule has 8 heteroatoms. The van der Waals surface area contributed by atoms with Crippen molar-refractivity contribution in [1.82, 2.24) is 29.4 Å². The smallest absolute Gasteiger partial charge is 0.293 e. The first-order valence-corrected chi connectivity index (χ1v) is 7.29. The summed E-state index contributed by atoms with van der Waals surface area (Å²) >= 11 is 1.70. The van der Waals surface area contributed by atoms with Crippen LogP contribution in [0.4, 0.5) is 0 Å². The van der Waals surface area contributed by atoms with Crippen LogP contribution in [0.15, 0.2) is 23.4 Å². The van der Waals surface area contributed by atoms with Crippen molar-refractivity contribution in [2.45, 2.75) is 18.4 Å². The van der Waals surface area contributed by atoms with Gasteiger partial charge in [-0.15, -0.1) is 22.0 Å². The minimum atomic E-state index is -0.225. The summed E-state index contributed by atoms with van der Waals surface area (Å²) < 4.78 is 3.54. The topological polar surface area (TPSA) is 80.9 Å². The average molecular weight is 290 g/mol. The quantitative estimate of drug-likeness (QED) is 0.772. The number of aryl methyl sites for hydroxylation is 2. The summed E-state index contributed by atoms with van der Waals surface area (Å²) in [5, 5.41) is 12.4. The summed E-state index contributed by atoms with van der Waals surface area (Å²) in [6.45, 7) is 2.05. The third-order valence-corrected chi connectivity index (χ3v) is 3.93. The number of fused-ring (bicyclic) bond motifs is 1. The second-order valence-corrected chi connectivity index (χ2v) is 5.51. The van der Waals surface area contributed by atoms with Gasteiger partial charge in [0.25, 0.3) is 5.56 Å². The van der Waals surface area contributed by atoms with E-state index in [1.165, 1.54) is 5.56 Å². The van der Waals surface area contributed by atoms with Gasteiger partial charge in [-0.05, 0) is 12.5 Å². The van der Waals surface area contributed by atoms with Crippen molar-refractivity contribution in [2.24, 2.45) is 7.05 Å². The molecule has 0 saturated heterocycles. The lowest BCUT2D eigenvalue weighted by molar-refractivity contribution is 0.754. The van der Waals surface area contributed by atoms with Crippen LogP contribution in [0.2, 0.25) is 0 Å². The minimum Gasteiger partial charge on any atom is -0.324 e. The van der Waals surface area contributed by atoms with Gasteiger partial charge in [0.15, 0.2) is 0 Å². The number of hydrogen-bond acceptors (Lipinski definition) is 5. The van der Waals surface area contributed by atoms with Gasteiger partial charge < -0.3 is 4.98 Å². The summed E-state index contributed by atoms with van der Waals surface area (Å²) in [4.78, 5) is 14.1. The van der Waals surface area contributed by atoms with Gasteiger partial charge >= 0.3 is 0 Å². The zero-order chi connectivity index (χ0) is 14.1. The van der Waals surface area contributed by atoms with Gasteiger partial charge in [-0.25, -0.2) is 0 Å². The number of aromatic amines is 1. The maximum Gasteiger partial charge on any atom is 0.293 e. The largest absolute Gasteiger partial charge is 0.324 e. The number of H-pyrrole nitrogens is 1. The van der Waals surface area contributed by atoms with Crippen LogP contribution < -0.4 is 5.56 Å². The van der Waals surface area contributed by atoms with Crippen LogP contribution in [0, 0.1) is 6.92 Å². The molecule has 3 aromatic rings. The monoisotopic (exact) mass is 290 g/mol. The Morgan fingerprint density at radius 2 is 2.20 bits per heavy atom. The van der Waals surface area contributed by atoms with Gasteiger partial charge in [0, 0.05) is 31.4 Å². The third kappa shape index (κ3) is 2.34. The molecule has 0 aliphatic carbocycles. The van der Waals surface area contributed by atoms with E-state index in [9.17, 15) is 4.79 Å². The summed E-state index contributed by atoms with van der Waals surface area (Å²) in [6.07, 6.45) is 5.36. The molecule has 0 radical (unpaired) electrons. The van der Waals surface area contributed by atoms with Gasteiger partial charge in [-0.3, -0.25) is 13.9 Å². The summed E-state index contributed by atoms with van der Waals surface area (Å²) in [5.74, 6) is 2.26. The molecular weight excluding hydrogens is 276 g/mol. The molecule has 0 fully saturated rings. The number of hydrogen-bond donors (Lipinski definition) is 1. The Kier molecular flexibility index (Phi) is 3.31. The average Bonchev–Trinajstić information content (AvgIpc) is 2.95. The Balaban J connectivity index is 1.73. The van der Waals surface area contributed by atoms with E-state index < -0.39 is 0 Å². The Morgan fingerprint density at radius 3 is 2.95 bits per heavy atom. The summed E-state index contributed by atoms with van der Waals surface area (Å²) in [5.41, 5.74) is 2.36. The fourth-order valence-corrected chi connectivity index (χ4v) is 2.98. The molecule has 0 unspecified atom stereocenters. The van der Waals surface area contributed by atoms with Crippen LogP contribution in [-0.4, -0.2) is 29.4 Å². The fourth-order valence-electron chi connectivity index (χ4n) is 2.02. The second-order valence-electron chi connectivity index (χ2n) is 4.52. The molecule has 0 amide bonds. The van der Waals surface area contributed by atoms with Crippen molar-refractivity contribution in [3.8, 4) is 0 Å². The molecule has 104 valence electrons. The first kappa shape index (κ1) is 12.9. The second kappa shape index (κ2) is 5.12. The maximum absolute atomic E-state index is 11.5. The van der Waals surface area contributed by atoms with E-state index in [-0.39, 0.29) is 5.56 Å². The SMILES string of the molecule is Cc1cn(C)nc1CSCc1nnc2c(=O)[nH]ccn12. The Morgan fingerprint density at radius 1 is 1.35 bits per heavy atom. The molecule has 1 N–H and O–H groups in total. The van der Waals surface area contributed by atoms with Crippen molar-refractivity contribution in [2.75, 3.05) is 0 Å². The number of aromatic nitrogens is 6. The van der Waals surface area contributed by atoms with E-state index >= 15 is 0 Å². The first-order chi connectivity index (χ1) is 9.65. The molecule has 0 saturated carbocycles. The highest BCUT2D eigenvalue weighted by molar-refractivity contribution is 7.97. The zero-order valence-corrected chi connectivity index (χ0v) is 12.0. The van der Waals surface area contributed by atoms with Gasteiger partial charge in [0.05, 0.1) is 11.4 Å². The molecule has 0 aromatic carbocycles. The molecule has 20 heavy (non-hydrogen) atoms. The highest BCUT2D eigenvalue weighted by atomic mass is 32.2. The molecule has 3 rings (SSSR count). The lowest BCUT2D eigenvalue weighted by atomic mass is 10.3. The number of rotatable bonds is 4. The van der Waals surface area contributed by atoms with E-state index in [1.54, 1.807) is 28.6 Å². The molecule has 0 atom stereocenters. The van der Waals surface area contributed by atoms with Crippen LogP contribution in [0.1, 0.15) is 17.1 Å². The predicted molar refractivity (Wildman–Crippen MR) is 76.6 cm³/mol. The van der Waals surface area contributed by atoms with Crippen molar-refractivity contribution < 1.29 is 0 Å². The Hall–Kier alpha value is -2.09. The number of nitrogens with zero attached hydrogens (tertiary/aromatic N) is 5. The zero-order valence-electron chi connectivity index (χ0n) is 11.2. The van der Waals surface area contributed by atoms with Gasteiger partial charge in [-0.2, -0.15) is 5.10 Å². The summed E-state index contributed by atoms with van der Waals surface area (Å²) in [6, 6.07) is 0. The van der Waals surface area contributed by atoms with E-state index in [0.29, 0.717) is 11.4 Å². The molecule has 0 spiro atoms. The van der Waals surface area contributed by atoms with Crippen LogP contribution in [0.3, 0.4) is 0 Å². The van der Waals surface area contributed by atoms with Crippen molar-refractivity contribution >= 4 is 17.4 Å². The molecule has 0 aliphatic heterocycles. The molecule has 7 nitrogen and oxygen atoms in total. The molecular formula is C12H14N6OS. The third-order valence-electron chi connectivity index (χ3n) is 2.99. The Bertz CT molecular complexity index is 802. The maximum atomic E-state index is 11.5. The Labute approximate surface area is 119 Å². The van der Waals surface area contributed by atoms with Gasteiger partial charge in [-0.1, -0.05) is 0 Å². The van der Waals surface area contributed by atoms with Crippen molar-refractivity contribution in [3.63, 3.8) is 0 Å². The lowest BCUT2D eigenvalue weighted by Crippen LogP contribution is -2.09. The van der Waals surface area contributed by atoms with E-state index in [1.807, 2.05) is 17.9 Å². The van der Waals surface area contributed by atoms with E-state index in [2.05, 4.69) is 27.2 Å². The van der Waals surface area contributed by atoms with Crippen molar-refractivity contribution in [3.05, 3.63) is 46.0 Å². The molecule has 3 heterocycles. The normalized spacial score (nSPS) is 11.3. The highest BCUT2D eigenvalue weighted by Gasteiger charge is 2.09. The number of nitrogens with one attached hydrogen (secondary N) is 1. The molecule has 3 aromatic heterocycles. The van der Waals surface area contributed by atoms with Crippen LogP contribution in [0.25, 0.3) is 5.65 Å². The van der Waals surface area contributed by atoms with E-state index in [4.69, 9.17) is 0 Å². The summed E-state index contributed by atoms with van der Waals surface area (Å²) in [7, 11) is 1.92. The minimum absolute atomic E-state index is 0.225. The van der Waals surface area contributed by atoms with Gasteiger partial charge in [0.1, 0.15) is 5.82 Å². The van der Waals surface area contributed by atoms with Crippen LogP contribution in [0.5, 0.6) is 0 Å². The standard InChI is InChI=1S/C12H14N6OS/c1-8-5-17(2)16-9(8)6-20-7-10-14-15-11-12(19)13-3-4-18(10)11/h3-5H,6-7H2,1-2H3,(H,13,19). The van der Waals surface area contributed by atoms with Gasteiger partial charge in [0.2, 0.25) is 5.65 Å². The van der Waals surface area contributed by atoms with Crippen molar-refractivity contribution in [1.29, 1.82) is 0 Å². The fraction of sp³-hybridized carbons (Fsp3) is 0.333. The number of thioether (sulfide) groups is 1. The lowest BCUT2D eigenvalue weighted by Gasteiger charge is -1.99. The van der Waals surface area contributed by atoms with Crippen LogP contribution >= 0.6 is 11.8 Å². The predicted octanol–water partition coefficient (Wildman–Crippen LogP) is 0.893.